The van der Waals surface area contributed by atoms with Gasteiger partial charge in [0.2, 0.25) is 0 Å². The van der Waals surface area contributed by atoms with Crippen molar-refractivity contribution in [3.8, 4) is 5.75 Å². The lowest BCUT2D eigenvalue weighted by Gasteiger charge is -2.06. The van der Waals surface area contributed by atoms with Gasteiger partial charge in [0.1, 0.15) is 5.75 Å². The largest absolute Gasteiger partial charge is 0.494 e. The predicted molar refractivity (Wildman–Crippen MR) is 65.6 cm³/mol. The van der Waals surface area contributed by atoms with Gasteiger partial charge in [-0.15, -0.1) is 10.1 Å². The first-order valence-corrected chi connectivity index (χ1v) is 5.90. The van der Waals surface area contributed by atoms with Crippen LogP contribution < -0.4 is 4.74 Å². The zero-order chi connectivity index (χ0) is 14.1. The lowest BCUT2D eigenvalue weighted by Crippen LogP contribution is -2.07. The molecule has 0 aliphatic heterocycles. The lowest BCUT2D eigenvalue weighted by molar-refractivity contribution is -0.757. The average Bonchev–Trinajstić information content (AvgIpc) is 2.39. The molecule has 0 aliphatic carbocycles. The molecule has 0 N–H and O–H groups in total. The van der Waals surface area contributed by atoms with E-state index in [0.29, 0.717) is 17.7 Å². The van der Waals surface area contributed by atoms with Crippen LogP contribution in [0.15, 0.2) is 24.3 Å². The fraction of sp³-hybridized carbons (Fsp3) is 0.364. The van der Waals surface area contributed by atoms with Gasteiger partial charge in [0.05, 0.1) is 18.8 Å². The highest BCUT2D eigenvalue weighted by Crippen LogP contribution is 2.13. The quantitative estimate of drug-likeness (QED) is 0.239. The fourth-order valence-corrected chi connectivity index (χ4v) is 1.31. The normalized spacial score (nSPS) is 9.74. The van der Waals surface area contributed by atoms with Crippen molar-refractivity contribution < 1.29 is 24.2 Å². The van der Waals surface area contributed by atoms with E-state index in [9.17, 15) is 14.9 Å². The lowest BCUT2D eigenvalue weighted by atomic mass is 10.2. The van der Waals surface area contributed by atoms with Crippen LogP contribution in [0, 0.1) is 10.1 Å². The molecular weight excluding hydrogens is 278 g/mol. The zero-order valence-corrected chi connectivity index (χ0v) is 10.7. The number of halogens is 1. The van der Waals surface area contributed by atoms with Gasteiger partial charge >= 0.3 is 5.97 Å². The summed E-state index contributed by atoms with van der Waals surface area (Å²) in [6, 6.07) is 6.07. The molecule has 1 aromatic rings. The van der Waals surface area contributed by atoms with Gasteiger partial charge in [0, 0.05) is 6.42 Å². The van der Waals surface area contributed by atoms with E-state index < -0.39 is 11.1 Å². The SMILES string of the molecule is O=C(OCCl)c1ccc(OCCCO[N+](=O)[O-])cc1. The van der Waals surface area contributed by atoms with Crippen LogP contribution in [0.5, 0.6) is 5.75 Å². The highest BCUT2D eigenvalue weighted by atomic mass is 35.5. The van der Waals surface area contributed by atoms with Gasteiger partial charge in [-0.3, -0.25) is 0 Å². The first kappa shape index (κ1) is 15.0. The fourth-order valence-electron chi connectivity index (χ4n) is 1.21. The summed E-state index contributed by atoms with van der Waals surface area (Å²) < 4.78 is 9.91. The smallest absolute Gasteiger partial charge is 0.339 e. The molecule has 7 nitrogen and oxygen atoms in total. The third-order valence-corrected chi connectivity index (χ3v) is 2.14. The minimum atomic E-state index is -0.850. The Bertz CT molecular complexity index is 422. The maximum atomic E-state index is 11.3. The van der Waals surface area contributed by atoms with Gasteiger partial charge in [-0.1, -0.05) is 11.6 Å². The molecule has 0 saturated carbocycles. The van der Waals surface area contributed by atoms with Crippen LogP contribution >= 0.6 is 11.6 Å². The van der Waals surface area contributed by atoms with E-state index >= 15 is 0 Å². The van der Waals surface area contributed by atoms with Crippen molar-refractivity contribution in [1.29, 1.82) is 0 Å². The average molecular weight is 290 g/mol. The second-order valence-electron chi connectivity index (χ2n) is 3.32. The van der Waals surface area contributed by atoms with E-state index in [2.05, 4.69) is 9.57 Å². The predicted octanol–water partition coefficient (Wildman–Crippen LogP) is 2.02. The van der Waals surface area contributed by atoms with E-state index in [1.807, 2.05) is 0 Å². The number of rotatable bonds is 8. The van der Waals surface area contributed by atoms with Crippen LogP contribution in [-0.4, -0.2) is 30.3 Å². The minimum absolute atomic E-state index is 0.0207. The van der Waals surface area contributed by atoms with Crippen LogP contribution in [0.2, 0.25) is 0 Å². The number of hydrogen-bond acceptors (Lipinski definition) is 6. The van der Waals surface area contributed by atoms with Crippen molar-refractivity contribution in [2.75, 3.05) is 19.3 Å². The summed E-state index contributed by atoms with van der Waals surface area (Å²) in [6.07, 6.45) is 0.386. The number of hydrogen-bond donors (Lipinski definition) is 0. The van der Waals surface area contributed by atoms with Gasteiger partial charge in [-0.2, -0.15) is 0 Å². The van der Waals surface area contributed by atoms with Crippen molar-refractivity contribution in [2.24, 2.45) is 0 Å². The number of carbonyl (C=O) groups is 1. The van der Waals surface area contributed by atoms with Gasteiger partial charge in [0.15, 0.2) is 6.07 Å². The number of alkyl halides is 1. The number of benzene rings is 1. The summed E-state index contributed by atoms with van der Waals surface area (Å²) in [5.41, 5.74) is 0.365. The third-order valence-electron chi connectivity index (χ3n) is 2.03. The van der Waals surface area contributed by atoms with Gasteiger partial charge in [0.25, 0.3) is 5.09 Å². The summed E-state index contributed by atoms with van der Waals surface area (Å²) in [5.74, 6) is 0.0319. The summed E-state index contributed by atoms with van der Waals surface area (Å²) in [7, 11) is 0. The monoisotopic (exact) mass is 289 g/mol. The Labute approximate surface area is 114 Å². The molecule has 19 heavy (non-hydrogen) atoms. The molecule has 104 valence electrons. The van der Waals surface area contributed by atoms with E-state index in [0.717, 1.165) is 0 Å². The highest BCUT2D eigenvalue weighted by Gasteiger charge is 2.06. The van der Waals surface area contributed by atoms with Crippen LogP contribution in [0.3, 0.4) is 0 Å². The summed E-state index contributed by atoms with van der Waals surface area (Å²) in [6.45, 7) is 0.256. The first-order chi connectivity index (χ1) is 9.13. The molecule has 0 unspecified atom stereocenters. The first-order valence-electron chi connectivity index (χ1n) is 5.36. The van der Waals surface area contributed by atoms with E-state index in [4.69, 9.17) is 16.3 Å². The maximum Gasteiger partial charge on any atom is 0.339 e. The van der Waals surface area contributed by atoms with Crippen molar-refractivity contribution in [1.82, 2.24) is 0 Å². The Hall–Kier alpha value is -2.02. The second-order valence-corrected chi connectivity index (χ2v) is 3.54. The summed E-state index contributed by atoms with van der Waals surface area (Å²) >= 11 is 5.27. The Morgan fingerprint density at radius 1 is 1.26 bits per heavy atom. The Morgan fingerprint density at radius 3 is 2.53 bits per heavy atom. The van der Waals surface area contributed by atoms with Crippen LogP contribution in [0.4, 0.5) is 0 Å². The minimum Gasteiger partial charge on any atom is -0.494 e. The third kappa shape index (κ3) is 5.91. The molecule has 0 fully saturated rings. The van der Waals surface area contributed by atoms with Crippen molar-refractivity contribution >= 4 is 17.6 Å². The van der Waals surface area contributed by atoms with Crippen LogP contribution in [-0.2, 0) is 9.57 Å². The van der Waals surface area contributed by atoms with E-state index in [1.54, 1.807) is 12.1 Å². The Balaban J connectivity index is 2.32. The molecule has 0 aliphatic rings. The number of carbonyl (C=O) groups excluding carboxylic acids is 1. The molecule has 1 rings (SSSR count). The van der Waals surface area contributed by atoms with E-state index in [1.165, 1.54) is 12.1 Å². The molecule has 0 atom stereocenters. The highest BCUT2D eigenvalue weighted by molar-refractivity contribution is 6.17. The van der Waals surface area contributed by atoms with E-state index in [-0.39, 0.29) is 19.3 Å². The molecular formula is C11H12ClNO6. The zero-order valence-electron chi connectivity index (χ0n) is 9.91. The molecule has 0 bridgehead atoms. The van der Waals surface area contributed by atoms with Gasteiger partial charge in [-0.25, -0.2) is 4.79 Å². The molecule has 0 radical (unpaired) electrons. The molecule has 0 aromatic heterocycles. The van der Waals surface area contributed by atoms with Crippen LogP contribution in [0.1, 0.15) is 16.8 Å². The number of esters is 1. The summed E-state index contributed by atoms with van der Waals surface area (Å²) in [4.78, 5) is 25.3. The topological polar surface area (TPSA) is 87.9 Å². The Kier molecular flexibility index (Phi) is 6.45. The Morgan fingerprint density at radius 2 is 1.95 bits per heavy atom. The second kappa shape index (κ2) is 8.15. The molecule has 0 saturated heterocycles. The van der Waals surface area contributed by atoms with Crippen molar-refractivity contribution in [2.45, 2.75) is 6.42 Å². The summed E-state index contributed by atoms with van der Waals surface area (Å²) in [5, 5.41) is 9.03. The molecule has 0 heterocycles. The van der Waals surface area contributed by atoms with Gasteiger partial charge < -0.3 is 14.3 Å². The molecule has 1 aromatic carbocycles. The number of nitrogens with zero attached hydrogens (tertiary/aromatic N) is 1. The van der Waals surface area contributed by atoms with Crippen molar-refractivity contribution in [3.63, 3.8) is 0 Å². The van der Waals surface area contributed by atoms with Gasteiger partial charge in [-0.05, 0) is 24.3 Å². The van der Waals surface area contributed by atoms with Crippen LogP contribution in [0.25, 0.3) is 0 Å². The number of ether oxygens (including phenoxy) is 2. The molecule has 0 spiro atoms. The molecule has 8 heteroatoms. The maximum absolute atomic E-state index is 11.3. The van der Waals surface area contributed by atoms with Crippen molar-refractivity contribution in [3.05, 3.63) is 39.9 Å². The molecule has 0 amide bonds. The standard InChI is InChI=1S/C11H12ClNO6/c12-8-18-11(14)9-2-4-10(5-3-9)17-6-1-7-19-13(15)16/h2-5H,1,6-8H2.